The van der Waals surface area contributed by atoms with Crippen LogP contribution in [0.5, 0.6) is 0 Å². The van der Waals surface area contributed by atoms with Crippen LogP contribution in [0.25, 0.3) is 0 Å². The van der Waals surface area contributed by atoms with E-state index in [1.54, 1.807) is 4.90 Å². The lowest BCUT2D eigenvalue weighted by Crippen LogP contribution is -2.63. The van der Waals surface area contributed by atoms with Crippen molar-refractivity contribution in [3.8, 4) is 0 Å². The molecule has 4 nitrogen and oxygen atoms in total. The van der Waals surface area contributed by atoms with Gasteiger partial charge in [0.1, 0.15) is 0 Å². The van der Waals surface area contributed by atoms with E-state index in [1.165, 1.54) is 6.42 Å². The summed E-state index contributed by atoms with van der Waals surface area (Å²) in [6, 6.07) is 0.163. The molecular formula is C13H25N3O. The monoisotopic (exact) mass is 239 g/mol. The predicted octanol–water partition coefficient (Wildman–Crippen LogP) is 1.47. The van der Waals surface area contributed by atoms with E-state index >= 15 is 0 Å². The van der Waals surface area contributed by atoms with Gasteiger partial charge in [0, 0.05) is 51.2 Å². The number of nitrogens with zero attached hydrogens (tertiary/aromatic N) is 3. The molecule has 2 aliphatic rings. The molecule has 2 amide bonds. The molecule has 0 N–H and O–H groups in total. The Bertz CT molecular complexity index is 313. The molecule has 0 aliphatic carbocycles. The average Bonchev–Trinajstić information content (AvgIpc) is 2.56. The number of urea groups is 1. The third-order valence-electron chi connectivity index (χ3n) is 4.09. The van der Waals surface area contributed by atoms with Crippen molar-refractivity contribution >= 4 is 6.03 Å². The summed E-state index contributed by atoms with van der Waals surface area (Å²) in [6.07, 6.45) is 1.17. The Morgan fingerprint density at radius 1 is 1.18 bits per heavy atom. The number of rotatable bonds is 0. The van der Waals surface area contributed by atoms with Crippen LogP contribution in [-0.4, -0.2) is 66.5 Å². The minimum Gasteiger partial charge on any atom is -0.331 e. The van der Waals surface area contributed by atoms with E-state index in [0.717, 1.165) is 26.2 Å². The predicted molar refractivity (Wildman–Crippen MR) is 69.0 cm³/mol. The Morgan fingerprint density at radius 2 is 1.76 bits per heavy atom. The summed E-state index contributed by atoms with van der Waals surface area (Å²) in [7, 11) is 3.66. The summed E-state index contributed by atoms with van der Waals surface area (Å²) in [6.45, 7) is 10.9. The van der Waals surface area contributed by atoms with Gasteiger partial charge >= 0.3 is 6.03 Å². The molecule has 0 aromatic carbocycles. The second-order valence-corrected chi connectivity index (χ2v) is 6.88. The van der Waals surface area contributed by atoms with Crippen molar-refractivity contribution in [3.63, 3.8) is 0 Å². The smallest absolute Gasteiger partial charge is 0.319 e. The van der Waals surface area contributed by atoms with Crippen LogP contribution in [0.1, 0.15) is 27.2 Å². The molecule has 2 saturated heterocycles. The van der Waals surface area contributed by atoms with E-state index in [1.807, 2.05) is 19.0 Å². The van der Waals surface area contributed by atoms with E-state index in [4.69, 9.17) is 0 Å². The molecule has 0 atom stereocenters. The van der Waals surface area contributed by atoms with Crippen molar-refractivity contribution in [2.45, 2.75) is 32.7 Å². The van der Waals surface area contributed by atoms with Crippen LogP contribution in [0.15, 0.2) is 0 Å². The third kappa shape index (κ3) is 2.28. The highest BCUT2D eigenvalue weighted by atomic mass is 16.2. The summed E-state index contributed by atoms with van der Waals surface area (Å²) < 4.78 is 0. The minimum atomic E-state index is 0.163. The highest BCUT2D eigenvalue weighted by Crippen LogP contribution is 2.42. The van der Waals surface area contributed by atoms with Gasteiger partial charge in [-0.15, -0.1) is 0 Å². The molecule has 17 heavy (non-hydrogen) atoms. The van der Waals surface area contributed by atoms with Gasteiger partial charge in [0.25, 0.3) is 0 Å². The van der Waals surface area contributed by atoms with Gasteiger partial charge in [-0.25, -0.2) is 4.79 Å². The zero-order valence-corrected chi connectivity index (χ0v) is 11.8. The molecular weight excluding hydrogens is 214 g/mol. The minimum absolute atomic E-state index is 0.163. The van der Waals surface area contributed by atoms with Gasteiger partial charge in [-0.1, -0.05) is 0 Å². The quantitative estimate of drug-likeness (QED) is 0.640. The lowest BCUT2D eigenvalue weighted by Gasteiger charge is -2.54. The van der Waals surface area contributed by atoms with Gasteiger partial charge in [0.15, 0.2) is 0 Å². The lowest BCUT2D eigenvalue weighted by molar-refractivity contribution is -0.0507. The van der Waals surface area contributed by atoms with Gasteiger partial charge < -0.3 is 9.80 Å². The molecule has 0 aromatic rings. The Hall–Kier alpha value is -0.770. The summed E-state index contributed by atoms with van der Waals surface area (Å²) >= 11 is 0. The molecule has 2 rings (SSSR count). The molecule has 0 radical (unpaired) electrons. The fourth-order valence-corrected chi connectivity index (χ4v) is 2.88. The Kier molecular flexibility index (Phi) is 2.89. The van der Waals surface area contributed by atoms with E-state index in [0.29, 0.717) is 5.41 Å². The molecule has 0 bridgehead atoms. The van der Waals surface area contributed by atoms with Crippen LogP contribution in [0.4, 0.5) is 4.79 Å². The SMILES string of the molecule is CN(C)C(=O)N1CCC2(C1)CN(C(C)(C)C)C2. The van der Waals surface area contributed by atoms with Gasteiger partial charge in [-0.2, -0.15) is 0 Å². The first-order chi connectivity index (χ1) is 7.73. The maximum absolute atomic E-state index is 11.9. The van der Waals surface area contributed by atoms with Crippen molar-refractivity contribution < 1.29 is 4.79 Å². The molecule has 98 valence electrons. The summed E-state index contributed by atoms with van der Waals surface area (Å²) in [4.78, 5) is 18.1. The van der Waals surface area contributed by atoms with Crippen LogP contribution in [0.3, 0.4) is 0 Å². The molecule has 0 unspecified atom stereocenters. The third-order valence-corrected chi connectivity index (χ3v) is 4.09. The Labute approximate surface area is 105 Å². The molecule has 2 heterocycles. The van der Waals surface area contributed by atoms with Crippen molar-refractivity contribution in [1.29, 1.82) is 0 Å². The number of likely N-dealkylation sites (tertiary alicyclic amines) is 2. The lowest BCUT2D eigenvalue weighted by atomic mass is 9.76. The highest BCUT2D eigenvalue weighted by Gasteiger charge is 2.51. The first kappa shape index (κ1) is 12.7. The van der Waals surface area contributed by atoms with Crippen molar-refractivity contribution in [1.82, 2.24) is 14.7 Å². The van der Waals surface area contributed by atoms with E-state index < -0.39 is 0 Å². The van der Waals surface area contributed by atoms with Crippen molar-refractivity contribution in [3.05, 3.63) is 0 Å². The van der Waals surface area contributed by atoms with Crippen LogP contribution in [0, 0.1) is 5.41 Å². The number of carbonyl (C=O) groups is 1. The number of carbonyl (C=O) groups excluding carboxylic acids is 1. The van der Waals surface area contributed by atoms with Crippen LogP contribution >= 0.6 is 0 Å². The molecule has 0 aromatic heterocycles. The normalized spacial score (nSPS) is 23.9. The van der Waals surface area contributed by atoms with Crippen molar-refractivity contribution in [2.24, 2.45) is 5.41 Å². The standard InChI is InChI=1S/C13H25N3O/c1-12(2,3)16-9-13(10-16)6-7-15(8-13)11(17)14(4)5/h6-10H2,1-5H3. The first-order valence-electron chi connectivity index (χ1n) is 6.45. The van der Waals surface area contributed by atoms with E-state index in [2.05, 4.69) is 25.7 Å². The van der Waals surface area contributed by atoms with Gasteiger partial charge in [0.2, 0.25) is 0 Å². The molecule has 2 aliphatic heterocycles. The summed E-state index contributed by atoms with van der Waals surface area (Å²) in [5.41, 5.74) is 0.656. The Morgan fingerprint density at radius 3 is 2.24 bits per heavy atom. The van der Waals surface area contributed by atoms with Gasteiger partial charge in [-0.3, -0.25) is 4.90 Å². The fraction of sp³-hybridized carbons (Fsp3) is 0.923. The fourth-order valence-electron chi connectivity index (χ4n) is 2.88. The highest BCUT2D eigenvalue weighted by molar-refractivity contribution is 5.74. The van der Waals surface area contributed by atoms with Crippen LogP contribution < -0.4 is 0 Å². The van der Waals surface area contributed by atoms with Gasteiger partial charge in [-0.05, 0) is 27.2 Å². The van der Waals surface area contributed by atoms with Crippen LogP contribution in [0.2, 0.25) is 0 Å². The molecule has 1 spiro atoms. The summed E-state index contributed by atoms with van der Waals surface area (Å²) in [5, 5.41) is 0. The second kappa shape index (κ2) is 3.87. The van der Waals surface area contributed by atoms with E-state index in [9.17, 15) is 4.79 Å². The first-order valence-corrected chi connectivity index (χ1v) is 6.45. The molecule has 0 saturated carbocycles. The molecule has 2 fully saturated rings. The average molecular weight is 239 g/mol. The topological polar surface area (TPSA) is 26.8 Å². The van der Waals surface area contributed by atoms with Gasteiger partial charge in [0.05, 0.1) is 0 Å². The van der Waals surface area contributed by atoms with Crippen molar-refractivity contribution in [2.75, 3.05) is 40.3 Å². The zero-order chi connectivity index (χ0) is 12.8. The number of amides is 2. The Balaban J connectivity index is 1.90. The van der Waals surface area contributed by atoms with Crippen LogP contribution in [-0.2, 0) is 0 Å². The number of hydrogen-bond donors (Lipinski definition) is 0. The largest absolute Gasteiger partial charge is 0.331 e. The molecule has 4 heteroatoms. The summed E-state index contributed by atoms with van der Waals surface area (Å²) in [5.74, 6) is 0. The van der Waals surface area contributed by atoms with E-state index in [-0.39, 0.29) is 11.6 Å². The zero-order valence-electron chi connectivity index (χ0n) is 11.8. The maximum atomic E-state index is 11.9. The maximum Gasteiger partial charge on any atom is 0.319 e. The second-order valence-electron chi connectivity index (χ2n) is 6.88. The number of hydrogen-bond acceptors (Lipinski definition) is 2.